The van der Waals surface area contributed by atoms with Gasteiger partial charge in [-0.3, -0.25) is 28.9 Å². The third-order valence-electron chi connectivity index (χ3n) is 17.0. The number of piperazine rings is 1. The molecule has 6 aliphatic rings. The van der Waals surface area contributed by atoms with Crippen LogP contribution in [0.5, 0.6) is 11.5 Å². The maximum Gasteiger partial charge on any atom is 0.526 e. The summed E-state index contributed by atoms with van der Waals surface area (Å²) in [6, 6.07) is 15.7. The summed E-state index contributed by atoms with van der Waals surface area (Å²) in [5, 5.41) is 22.8. The Balaban J connectivity index is 0.000000221. The first-order valence-corrected chi connectivity index (χ1v) is 30.5. The molecule has 0 spiro atoms. The van der Waals surface area contributed by atoms with E-state index in [1.54, 1.807) is 25.1 Å². The topological polar surface area (TPSA) is 355 Å². The fourth-order valence-electron chi connectivity index (χ4n) is 12.3. The van der Waals surface area contributed by atoms with Gasteiger partial charge in [0.15, 0.2) is 34.4 Å². The molecule has 5 fully saturated rings. The average Bonchev–Trinajstić information content (AvgIpc) is 1.79. The zero-order chi connectivity index (χ0) is 63.6. The Morgan fingerprint density at radius 1 is 0.909 bits per heavy atom. The third-order valence-corrected chi connectivity index (χ3v) is 18.3. The lowest BCUT2D eigenvalue weighted by Gasteiger charge is -2.64. The van der Waals surface area contributed by atoms with Crippen LogP contribution in [0.25, 0.3) is 0 Å². The summed E-state index contributed by atoms with van der Waals surface area (Å²) >= 11 is 1.82. The SMILES string of the molecule is CCN1CCN(C(=O)NC(C(=O)C[C@H]2Cc3cccc(C(=O)O)c3OB2O)c2nsc(N)n2)C(=O)C1=O.COc1c(C[C@H](CC(=O)C(N)c2nsc(CC(=O)OCc3ccccc3)n2)B2O[C@@H]3C[C@@H]4C[C@@H](C4(C)C)[C@]3(C)O2)cccc1C(=O)OC(C)(C)C. The number of nitrogens with one attached hydrogen (secondary N) is 1. The number of nitrogens with zero attached hydrogens (tertiary/aromatic N) is 6. The van der Waals surface area contributed by atoms with Gasteiger partial charge in [-0.15, -0.1) is 0 Å². The molecule has 2 unspecified atom stereocenters. The fourth-order valence-corrected chi connectivity index (χ4v) is 13.4. The van der Waals surface area contributed by atoms with Crippen molar-refractivity contribution in [2.24, 2.45) is 23.0 Å². The molecule has 5 aromatic rings. The number of para-hydroxylation sites is 2. The van der Waals surface area contributed by atoms with Crippen molar-refractivity contribution in [3.63, 3.8) is 0 Å². The van der Waals surface area contributed by atoms with Crippen LogP contribution in [0.1, 0.15) is 140 Å². The molecule has 2 bridgehead atoms. The highest BCUT2D eigenvalue weighted by atomic mass is 32.1. The molecule has 3 saturated carbocycles. The molecule has 466 valence electrons. The number of likely N-dealkylation sites (N-methyl/N-ethyl adjacent to an activating group) is 1. The van der Waals surface area contributed by atoms with Crippen molar-refractivity contribution in [2.45, 2.75) is 141 Å². The highest BCUT2D eigenvalue weighted by molar-refractivity contribution is 7.09. The highest BCUT2D eigenvalue weighted by Crippen LogP contribution is 2.66. The number of imide groups is 1. The zero-order valence-corrected chi connectivity index (χ0v) is 51.7. The van der Waals surface area contributed by atoms with Crippen molar-refractivity contribution in [3.05, 3.63) is 111 Å². The van der Waals surface area contributed by atoms with E-state index in [1.165, 1.54) is 24.1 Å². The Hall–Kier alpha value is -7.69. The number of carboxylic acid groups (broad SMARTS) is 1. The lowest BCUT2D eigenvalue weighted by molar-refractivity contribution is -0.199. The standard InChI is InChI=1S/C38H48BN3O8S.C21H23BN6O8S/c1-36(2,3)48-35(45)26-15-11-14-23(33(26)46-7)16-25(39-49-29-18-24-17-28(37(24,4)5)38(29,6)50-39)19-27(43)32(40)34-41-30(51-42-34)20-31(44)47-21-22-12-9-8-10-13-22;1-2-27-6-7-28(18(31)17(27)30)21(34)24-14(16-25-20(23)37-26-16)13(29)9-11-8-10-4-3-5-12(19(32)33)15(10)36-22(11)35/h8-15,24-25,28-29,32H,16-21,40H2,1-7H3;3-5,11,14,35H,2,6-9H2,1H3,(H,24,34)(H,32,33)(H2,23,25,26)/t24-,25+,28-,29+,32?,38-;11-,14?/m01/s1. The Morgan fingerprint density at radius 3 is 2.30 bits per heavy atom. The van der Waals surface area contributed by atoms with E-state index in [1.807, 2.05) is 57.2 Å². The minimum Gasteiger partial charge on any atom is -0.535 e. The van der Waals surface area contributed by atoms with Gasteiger partial charge in [0.1, 0.15) is 40.3 Å². The molecule has 3 aliphatic heterocycles. The molecule has 88 heavy (non-hydrogen) atoms. The van der Waals surface area contributed by atoms with E-state index in [4.69, 9.17) is 39.6 Å². The molecule has 4 amide bonds. The Labute approximate surface area is 517 Å². The Kier molecular flexibility index (Phi) is 19.6. The minimum absolute atomic E-state index is 0.000399. The van der Waals surface area contributed by atoms with E-state index >= 15 is 0 Å². The number of amides is 4. The van der Waals surface area contributed by atoms with Crippen LogP contribution in [-0.4, -0.2) is 144 Å². The van der Waals surface area contributed by atoms with Gasteiger partial charge in [-0.05, 0) is 118 Å². The first-order chi connectivity index (χ1) is 41.7. The van der Waals surface area contributed by atoms with E-state index in [-0.39, 0.29) is 90.8 Å². The predicted octanol–water partition coefficient (Wildman–Crippen LogP) is 5.79. The Bertz CT molecular complexity index is 3480. The second kappa shape index (κ2) is 26.6. The summed E-state index contributed by atoms with van der Waals surface area (Å²) in [4.78, 5) is 112. The number of carbonyl (C=O) groups excluding carboxylic acids is 7. The smallest absolute Gasteiger partial charge is 0.526 e. The lowest BCUT2D eigenvalue weighted by atomic mass is 9.43. The summed E-state index contributed by atoms with van der Waals surface area (Å²) < 4.78 is 44.1. The van der Waals surface area contributed by atoms with Crippen molar-refractivity contribution in [3.8, 4) is 11.5 Å². The third kappa shape index (κ3) is 14.1. The van der Waals surface area contributed by atoms with Gasteiger partial charge < -0.3 is 60.0 Å². The van der Waals surface area contributed by atoms with Crippen LogP contribution in [0, 0.1) is 17.3 Å². The number of ketones is 2. The van der Waals surface area contributed by atoms with Gasteiger partial charge in [0.2, 0.25) is 0 Å². The number of anilines is 1. The minimum atomic E-state index is -1.50. The van der Waals surface area contributed by atoms with E-state index in [2.05, 4.69) is 44.8 Å². The van der Waals surface area contributed by atoms with E-state index in [9.17, 15) is 48.5 Å². The van der Waals surface area contributed by atoms with Gasteiger partial charge in [-0.2, -0.15) is 8.75 Å². The van der Waals surface area contributed by atoms with E-state index in [0.717, 1.165) is 41.5 Å². The van der Waals surface area contributed by atoms with Crippen LogP contribution in [0.4, 0.5) is 9.93 Å². The van der Waals surface area contributed by atoms with Gasteiger partial charge in [-0.1, -0.05) is 68.4 Å². The number of nitrogens with two attached hydrogens (primary N) is 2. The summed E-state index contributed by atoms with van der Waals surface area (Å²) in [5.74, 6) is -4.84. The summed E-state index contributed by atoms with van der Waals surface area (Å²) in [6.45, 7) is 14.4. The first kappa shape index (κ1) is 64.8. The summed E-state index contributed by atoms with van der Waals surface area (Å²) in [7, 11) is -0.679. The lowest BCUT2D eigenvalue weighted by Crippen LogP contribution is -2.65. The van der Waals surface area contributed by atoms with Crippen LogP contribution in [0.2, 0.25) is 11.6 Å². The fraction of sp³-hybridized carbons (Fsp3) is 0.492. The van der Waals surface area contributed by atoms with Gasteiger partial charge in [0, 0.05) is 55.6 Å². The number of nitrogen functional groups attached to an aromatic ring is 1. The normalized spacial score (nSPS) is 21.9. The quantitative estimate of drug-likeness (QED) is 0.0349. The molecule has 3 aliphatic carbocycles. The number of methoxy groups -OCH3 is 1. The number of carboxylic acids is 1. The molecule has 7 N–H and O–H groups in total. The zero-order valence-electron chi connectivity index (χ0n) is 50.1. The molecule has 0 radical (unpaired) electrons. The van der Waals surface area contributed by atoms with Crippen LogP contribution < -0.4 is 26.2 Å². The molecule has 8 atom stereocenters. The Morgan fingerprint density at radius 2 is 1.62 bits per heavy atom. The highest BCUT2D eigenvalue weighted by Gasteiger charge is 2.68. The second-order valence-electron chi connectivity index (χ2n) is 24.3. The molecule has 3 aromatic carbocycles. The number of urea groups is 1. The predicted molar refractivity (Wildman–Crippen MR) is 321 cm³/mol. The van der Waals surface area contributed by atoms with Gasteiger partial charge in [-0.25, -0.2) is 24.4 Å². The summed E-state index contributed by atoms with van der Waals surface area (Å²) in [5.41, 5.74) is 13.4. The molecule has 2 saturated heterocycles. The second-order valence-corrected chi connectivity index (χ2v) is 25.9. The van der Waals surface area contributed by atoms with Crippen molar-refractivity contribution < 1.29 is 76.7 Å². The number of esters is 2. The monoisotopic (exact) mass is 1250 g/mol. The number of benzene rings is 3. The van der Waals surface area contributed by atoms with Crippen LogP contribution in [0.3, 0.4) is 0 Å². The van der Waals surface area contributed by atoms with Gasteiger partial charge in [0.25, 0.3) is 0 Å². The molecule has 11 rings (SSSR count). The maximum absolute atomic E-state index is 13.9. The first-order valence-electron chi connectivity index (χ1n) is 28.9. The molecular formula is C59H71B2N9O16S2. The molecule has 25 nitrogen and oxygen atoms in total. The van der Waals surface area contributed by atoms with Crippen LogP contribution >= 0.6 is 23.1 Å². The van der Waals surface area contributed by atoms with Crippen molar-refractivity contribution in [1.82, 2.24) is 33.8 Å². The number of hydrogen-bond acceptors (Lipinski definition) is 23. The van der Waals surface area contributed by atoms with Crippen molar-refractivity contribution in [1.29, 1.82) is 0 Å². The summed E-state index contributed by atoms with van der Waals surface area (Å²) in [6.07, 6.45) is 1.95. The number of ether oxygens (including phenoxy) is 3. The largest absolute Gasteiger partial charge is 0.535 e. The molecule has 29 heteroatoms. The average molecular weight is 1250 g/mol. The van der Waals surface area contributed by atoms with E-state index in [0.29, 0.717) is 57.1 Å². The maximum atomic E-state index is 13.9. The van der Waals surface area contributed by atoms with Gasteiger partial charge in [0.05, 0.1) is 30.8 Å². The number of carbonyl (C=O) groups is 8. The van der Waals surface area contributed by atoms with Crippen LogP contribution in [0.15, 0.2) is 66.7 Å². The van der Waals surface area contributed by atoms with Gasteiger partial charge >= 0.3 is 50.0 Å². The number of aromatic carboxylic acids is 1. The van der Waals surface area contributed by atoms with Crippen molar-refractivity contribution >= 4 is 89.8 Å². The number of rotatable bonds is 20. The molecule has 2 aromatic heterocycles. The van der Waals surface area contributed by atoms with Crippen LogP contribution in [-0.2, 0) is 68.6 Å². The van der Waals surface area contributed by atoms with E-state index < -0.39 is 90.7 Å². The molecule has 5 heterocycles. The van der Waals surface area contributed by atoms with Crippen molar-refractivity contribution in [2.75, 3.05) is 32.5 Å². The number of Topliss-reactive ketones (excluding diaryl/α,β-unsaturated/α-hetero) is 2. The number of aromatic nitrogens is 4. The number of fused-ring (bicyclic) bond motifs is 1. The molecular weight excluding hydrogens is 1180 g/mol. The number of hydrogen-bond donors (Lipinski definition) is 5.